The molecule has 0 heterocycles. The maximum absolute atomic E-state index is 6.74. The Morgan fingerprint density at radius 1 is 0.316 bits per heavy atom. The molecule has 8 heteroatoms. The van der Waals surface area contributed by atoms with Crippen molar-refractivity contribution in [3.8, 4) is 22.3 Å². The smallest absolute Gasteiger partial charge is 0.110 e. The minimum absolute atomic E-state index is 0.199. The summed E-state index contributed by atoms with van der Waals surface area (Å²) in [4.78, 5) is 0. The first-order chi connectivity index (χ1) is 18.2. The van der Waals surface area contributed by atoms with Gasteiger partial charge in [-0.2, -0.15) is 0 Å². The third-order valence-corrected chi connectivity index (χ3v) is 7.42. The van der Waals surface area contributed by atoms with Crippen LogP contribution in [0.2, 0.25) is 0 Å². The standard InChI is InChI=1S/C30H12B8/c31-23-19-17(14-7-2-1-3-8-14)20-22(26(34)30(38)28(36)24(20)32)18(21(19)25(33)29(37)27(23)35)16-11-10-13-6-4-5-9-15(13)12-16/h1-12H. The van der Waals surface area contributed by atoms with Gasteiger partial charge in [0.05, 0.1) is 0 Å². The van der Waals surface area contributed by atoms with Gasteiger partial charge >= 0.3 is 0 Å². The summed E-state index contributed by atoms with van der Waals surface area (Å²) in [5.74, 6) is 0. The van der Waals surface area contributed by atoms with Gasteiger partial charge in [0, 0.05) is 0 Å². The summed E-state index contributed by atoms with van der Waals surface area (Å²) in [7, 11) is 52.5. The molecule has 6 aromatic carbocycles. The van der Waals surface area contributed by atoms with Gasteiger partial charge in [0.15, 0.2) is 0 Å². The van der Waals surface area contributed by atoms with Crippen LogP contribution in [0.25, 0.3) is 54.6 Å². The van der Waals surface area contributed by atoms with Crippen LogP contribution in [0.3, 0.4) is 0 Å². The van der Waals surface area contributed by atoms with Crippen LogP contribution in [0, 0.1) is 0 Å². The largest absolute Gasteiger partial charge is 0.113 e. The highest BCUT2D eigenvalue weighted by molar-refractivity contribution is 6.71. The number of fused-ring (bicyclic) bond motifs is 3. The second kappa shape index (κ2) is 9.12. The molecule has 6 rings (SSSR count). The topological polar surface area (TPSA) is 0 Å². The first kappa shape index (κ1) is 24.9. The first-order valence-corrected chi connectivity index (χ1v) is 12.0. The van der Waals surface area contributed by atoms with E-state index in [2.05, 4.69) is 6.07 Å². The van der Waals surface area contributed by atoms with Crippen molar-refractivity contribution in [2.75, 3.05) is 0 Å². The molecule has 0 aliphatic heterocycles. The van der Waals surface area contributed by atoms with E-state index in [0.29, 0.717) is 54.5 Å². The Balaban J connectivity index is 2.00. The van der Waals surface area contributed by atoms with Gasteiger partial charge in [0.1, 0.15) is 62.8 Å². The van der Waals surface area contributed by atoms with Gasteiger partial charge in [-0.25, -0.2) is 0 Å². The van der Waals surface area contributed by atoms with Crippen LogP contribution in [0.4, 0.5) is 0 Å². The number of hydrogen-bond donors (Lipinski definition) is 0. The lowest BCUT2D eigenvalue weighted by molar-refractivity contribution is 1.69. The molecule has 0 aliphatic carbocycles. The summed E-state index contributed by atoms with van der Waals surface area (Å²) in [6, 6.07) is 23.8. The summed E-state index contributed by atoms with van der Waals surface area (Å²) < 4.78 is 0. The average Bonchev–Trinajstić information content (AvgIpc) is 2.95. The summed E-state index contributed by atoms with van der Waals surface area (Å²) in [5.41, 5.74) is 5.05. The monoisotopic (exact) mass is 460 g/mol. The van der Waals surface area contributed by atoms with Crippen molar-refractivity contribution in [2.24, 2.45) is 0 Å². The van der Waals surface area contributed by atoms with Gasteiger partial charge in [-0.1, -0.05) is 88.6 Å². The van der Waals surface area contributed by atoms with Crippen LogP contribution in [-0.2, 0) is 0 Å². The average molecular weight is 459 g/mol. The van der Waals surface area contributed by atoms with E-state index in [-0.39, 0.29) is 21.9 Å². The van der Waals surface area contributed by atoms with Gasteiger partial charge < -0.3 is 0 Å². The van der Waals surface area contributed by atoms with Crippen molar-refractivity contribution in [3.05, 3.63) is 72.8 Å². The molecule has 0 unspecified atom stereocenters. The van der Waals surface area contributed by atoms with E-state index in [9.17, 15) is 0 Å². The fourth-order valence-corrected chi connectivity index (χ4v) is 5.47. The summed E-state index contributed by atoms with van der Waals surface area (Å²) in [6.07, 6.45) is 0. The zero-order valence-electron chi connectivity index (χ0n) is 20.5. The zero-order chi connectivity index (χ0) is 26.9. The quantitative estimate of drug-likeness (QED) is 0.227. The predicted molar refractivity (Wildman–Crippen MR) is 173 cm³/mol. The summed E-state index contributed by atoms with van der Waals surface area (Å²) >= 11 is 0. The maximum atomic E-state index is 6.74. The Bertz CT molecular complexity index is 1860. The molecule has 38 heavy (non-hydrogen) atoms. The Labute approximate surface area is 233 Å². The molecule has 0 amide bonds. The highest BCUT2D eigenvalue weighted by atomic mass is 14.2. The molecule has 0 atom stereocenters. The van der Waals surface area contributed by atoms with Crippen molar-refractivity contribution in [2.45, 2.75) is 0 Å². The van der Waals surface area contributed by atoms with E-state index >= 15 is 0 Å². The fourth-order valence-electron chi connectivity index (χ4n) is 5.47. The van der Waals surface area contributed by atoms with Crippen LogP contribution in [0.1, 0.15) is 0 Å². The van der Waals surface area contributed by atoms with Crippen molar-refractivity contribution in [3.63, 3.8) is 0 Å². The normalized spacial score (nSPS) is 11.5. The Hall–Kier alpha value is -3.38. The van der Waals surface area contributed by atoms with Crippen LogP contribution in [-0.4, -0.2) is 62.8 Å². The highest BCUT2D eigenvalue weighted by Crippen LogP contribution is 2.41. The molecule has 0 bridgehead atoms. The molecule has 16 radical (unpaired) electrons. The molecule has 0 aromatic heterocycles. The lowest BCUT2D eigenvalue weighted by atomic mass is 9.59. The van der Waals surface area contributed by atoms with Crippen molar-refractivity contribution >= 4 is 139 Å². The number of hydrogen-bond acceptors (Lipinski definition) is 0. The molecule has 0 nitrogen and oxygen atoms in total. The van der Waals surface area contributed by atoms with E-state index in [1.807, 2.05) is 66.7 Å². The lowest BCUT2D eigenvalue weighted by Crippen LogP contribution is -2.50. The van der Waals surface area contributed by atoms with E-state index in [1.54, 1.807) is 0 Å². The van der Waals surface area contributed by atoms with E-state index < -0.39 is 0 Å². The second-order valence-electron chi connectivity index (χ2n) is 9.49. The fraction of sp³-hybridized carbons (Fsp3) is 0. The minimum atomic E-state index is 0.199. The number of rotatable bonds is 2. The first-order valence-electron chi connectivity index (χ1n) is 12.0. The van der Waals surface area contributed by atoms with Crippen molar-refractivity contribution < 1.29 is 0 Å². The van der Waals surface area contributed by atoms with Crippen LogP contribution in [0.5, 0.6) is 0 Å². The second-order valence-corrected chi connectivity index (χ2v) is 9.49. The maximum Gasteiger partial charge on any atom is 0.113 e. The number of benzene rings is 6. The Kier molecular flexibility index (Phi) is 5.98. The molecule has 0 aliphatic rings. The Morgan fingerprint density at radius 3 is 1.18 bits per heavy atom. The lowest BCUT2D eigenvalue weighted by Gasteiger charge is -2.28. The highest BCUT2D eigenvalue weighted by Gasteiger charge is 2.24. The molecule has 0 saturated carbocycles. The minimum Gasteiger partial charge on any atom is -0.110 e. The van der Waals surface area contributed by atoms with E-state index in [0.717, 1.165) is 21.9 Å². The molecule has 6 aromatic rings. The molecular weight excluding hydrogens is 447 g/mol. The third kappa shape index (κ3) is 3.49. The zero-order valence-corrected chi connectivity index (χ0v) is 20.5. The molecule has 0 N–H and O–H groups in total. The van der Waals surface area contributed by atoms with Crippen LogP contribution >= 0.6 is 0 Å². The van der Waals surface area contributed by atoms with Crippen molar-refractivity contribution in [1.82, 2.24) is 0 Å². The van der Waals surface area contributed by atoms with Gasteiger partial charge in [-0.3, -0.25) is 0 Å². The Morgan fingerprint density at radius 2 is 0.711 bits per heavy atom. The summed E-state index contributed by atoms with van der Waals surface area (Å²) in [6.45, 7) is 0. The van der Waals surface area contributed by atoms with Gasteiger partial charge in [-0.05, 0) is 60.6 Å². The molecule has 0 spiro atoms. The SMILES string of the molecule is [B]c1c([B])c([B])c2c(-c3ccc4ccccc4c3)c3c([B])c([B])c([B])c([B])c3c(-c3ccccc3)c2c1[B]. The van der Waals surface area contributed by atoms with Gasteiger partial charge in [-0.15, -0.1) is 21.9 Å². The molecule has 156 valence electrons. The van der Waals surface area contributed by atoms with Crippen molar-refractivity contribution in [1.29, 1.82) is 0 Å². The predicted octanol–water partition coefficient (Wildman–Crippen LogP) is -1.17. The molecular formula is C30H12B8. The van der Waals surface area contributed by atoms with E-state index in [4.69, 9.17) is 62.8 Å². The van der Waals surface area contributed by atoms with Gasteiger partial charge in [0.25, 0.3) is 0 Å². The van der Waals surface area contributed by atoms with Crippen LogP contribution in [0.15, 0.2) is 72.8 Å². The van der Waals surface area contributed by atoms with Gasteiger partial charge in [0.2, 0.25) is 0 Å². The van der Waals surface area contributed by atoms with E-state index in [1.165, 1.54) is 0 Å². The van der Waals surface area contributed by atoms with Crippen LogP contribution < -0.4 is 43.7 Å². The molecule has 0 fully saturated rings. The molecule has 0 saturated heterocycles. The summed E-state index contributed by atoms with van der Waals surface area (Å²) in [5, 5.41) is 4.58. The third-order valence-electron chi connectivity index (χ3n) is 7.42.